The van der Waals surface area contributed by atoms with Crippen LogP contribution in [0.15, 0.2) is 0 Å². The van der Waals surface area contributed by atoms with Crippen LogP contribution in [0.1, 0.15) is 59.8 Å². The molecule has 2 rings (SSSR count). The van der Waals surface area contributed by atoms with Crippen molar-refractivity contribution >= 4 is 5.91 Å². The van der Waals surface area contributed by atoms with Crippen LogP contribution in [0.3, 0.4) is 0 Å². The predicted molar refractivity (Wildman–Crippen MR) is 69.9 cm³/mol. The van der Waals surface area contributed by atoms with E-state index in [4.69, 9.17) is 0 Å². The molecule has 0 unspecified atom stereocenters. The smallest absolute Gasteiger partial charge is 0.243 e. The lowest BCUT2D eigenvalue weighted by Gasteiger charge is -2.53. The van der Waals surface area contributed by atoms with Crippen molar-refractivity contribution in [2.45, 2.75) is 76.9 Å². The van der Waals surface area contributed by atoms with Gasteiger partial charge in [0.2, 0.25) is 5.91 Å². The van der Waals surface area contributed by atoms with E-state index in [1.807, 2.05) is 13.8 Å². The molecule has 0 atom stereocenters. The first-order valence-corrected chi connectivity index (χ1v) is 6.93. The number of nitrogens with zero attached hydrogens (tertiary/aromatic N) is 1. The Balaban J connectivity index is 2.22. The van der Waals surface area contributed by atoms with Gasteiger partial charge in [0.05, 0.1) is 11.1 Å². The van der Waals surface area contributed by atoms with Gasteiger partial charge in [0.15, 0.2) is 0 Å². The maximum atomic E-state index is 12.6. The van der Waals surface area contributed by atoms with E-state index in [1.54, 1.807) is 0 Å². The summed E-state index contributed by atoms with van der Waals surface area (Å²) in [4.78, 5) is 14.8. The van der Waals surface area contributed by atoms with E-state index in [1.165, 1.54) is 32.1 Å². The van der Waals surface area contributed by atoms with E-state index in [0.717, 1.165) is 6.54 Å². The van der Waals surface area contributed by atoms with Crippen molar-refractivity contribution in [1.82, 2.24) is 10.2 Å². The van der Waals surface area contributed by atoms with E-state index in [9.17, 15) is 4.79 Å². The summed E-state index contributed by atoms with van der Waals surface area (Å²) in [5, 5.41) is 3.38. The second kappa shape index (κ2) is 4.27. The summed E-state index contributed by atoms with van der Waals surface area (Å²) in [7, 11) is 0. The summed E-state index contributed by atoms with van der Waals surface area (Å²) >= 11 is 0. The second-order valence-corrected chi connectivity index (χ2v) is 6.76. The van der Waals surface area contributed by atoms with Crippen LogP contribution >= 0.6 is 0 Å². The van der Waals surface area contributed by atoms with Gasteiger partial charge >= 0.3 is 0 Å². The third-order valence-corrected chi connectivity index (χ3v) is 4.31. The standard InChI is InChI=1S/C14H26N2O/c1-13(2)10-15-14(3,4)12(17)16(13)11-8-6-5-7-9-11/h11,15H,5-10H2,1-4H3. The maximum absolute atomic E-state index is 12.6. The fraction of sp³-hybridized carbons (Fsp3) is 0.929. The Morgan fingerprint density at radius 1 is 1.12 bits per heavy atom. The molecule has 0 spiro atoms. The molecule has 0 aromatic carbocycles. The molecule has 0 bridgehead atoms. The second-order valence-electron chi connectivity index (χ2n) is 6.76. The van der Waals surface area contributed by atoms with E-state index in [-0.39, 0.29) is 11.4 Å². The molecule has 0 aromatic rings. The van der Waals surface area contributed by atoms with Crippen LogP contribution < -0.4 is 5.32 Å². The highest BCUT2D eigenvalue weighted by atomic mass is 16.2. The molecule has 1 saturated carbocycles. The van der Waals surface area contributed by atoms with E-state index < -0.39 is 5.54 Å². The Hall–Kier alpha value is -0.570. The average Bonchev–Trinajstić information content (AvgIpc) is 2.27. The maximum Gasteiger partial charge on any atom is 0.243 e. The molecule has 2 aliphatic rings. The van der Waals surface area contributed by atoms with Crippen LogP contribution in [0.2, 0.25) is 0 Å². The summed E-state index contributed by atoms with van der Waals surface area (Å²) in [6, 6.07) is 0.465. The fourth-order valence-corrected chi connectivity index (χ4v) is 3.17. The predicted octanol–water partition coefficient (Wildman–Crippen LogP) is 2.31. The third kappa shape index (κ3) is 2.35. The minimum atomic E-state index is -0.396. The normalized spacial score (nSPS) is 29.4. The molecule has 1 amide bonds. The Morgan fingerprint density at radius 3 is 2.29 bits per heavy atom. The average molecular weight is 238 g/mol. The van der Waals surface area contributed by atoms with E-state index in [0.29, 0.717) is 6.04 Å². The summed E-state index contributed by atoms with van der Waals surface area (Å²) in [6.45, 7) is 9.26. The van der Waals surface area contributed by atoms with Crippen LogP contribution in [0.4, 0.5) is 0 Å². The lowest BCUT2D eigenvalue weighted by molar-refractivity contribution is -0.152. The monoisotopic (exact) mass is 238 g/mol. The molecule has 1 aliphatic heterocycles. The number of carbonyl (C=O) groups is 1. The number of rotatable bonds is 1. The lowest BCUT2D eigenvalue weighted by atomic mass is 9.84. The van der Waals surface area contributed by atoms with Gasteiger partial charge in [0, 0.05) is 12.6 Å². The summed E-state index contributed by atoms with van der Waals surface area (Å²) in [6.07, 6.45) is 6.26. The molecule has 3 nitrogen and oxygen atoms in total. The van der Waals surface area contributed by atoms with Gasteiger partial charge in [0.25, 0.3) is 0 Å². The quantitative estimate of drug-likeness (QED) is 0.760. The number of hydrogen-bond acceptors (Lipinski definition) is 2. The van der Waals surface area contributed by atoms with Crippen LogP contribution in [-0.4, -0.2) is 34.5 Å². The van der Waals surface area contributed by atoms with Gasteiger partial charge in [-0.05, 0) is 40.5 Å². The first kappa shape index (κ1) is 12.9. The molecule has 3 heteroatoms. The van der Waals surface area contributed by atoms with Crippen molar-refractivity contribution in [2.75, 3.05) is 6.54 Å². The van der Waals surface area contributed by atoms with Crippen LogP contribution in [0.5, 0.6) is 0 Å². The third-order valence-electron chi connectivity index (χ3n) is 4.31. The molecular weight excluding hydrogens is 212 g/mol. The highest BCUT2D eigenvalue weighted by Crippen LogP contribution is 2.33. The summed E-state index contributed by atoms with van der Waals surface area (Å²) < 4.78 is 0. The zero-order chi connectivity index (χ0) is 12.7. The van der Waals surface area contributed by atoms with Gasteiger partial charge in [-0.2, -0.15) is 0 Å². The first-order chi connectivity index (χ1) is 7.84. The molecule has 1 heterocycles. The molecule has 0 aromatic heterocycles. The minimum absolute atomic E-state index is 0.0470. The van der Waals surface area contributed by atoms with Crippen LogP contribution in [-0.2, 0) is 4.79 Å². The Morgan fingerprint density at radius 2 is 1.71 bits per heavy atom. The summed E-state index contributed by atoms with van der Waals surface area (Å²) in [5.41, 5.74) is -0.443. The van der Waals surface area contributed by atoms with Crippen LogP contribution in [0, 0.1) is 0 Å². The fourth-order valence-electron chi connectivity index (χ4n) is 3.17. The van der Waals surface area contributed by atoms with Gasteiger partial charge in [0.1, 0.15) is 0 Å². The number of hydrogen-bond donors (Lipinski definition) is 1. The van der Waals surface area contributed by atoms with Gasteiger partial charge in [-0.15, -0.1) is 0 Å². The molecule has 1 saturated heterocycles. The van der Waals surface area contributed by atoms with E-state index in [2.05, 4.69) is 24.1 Å². The number of carbonyl (C=O) groups excluding carboxylic acids is 1. The Bertz CT molecular complexity index is 303. The lowest BCUT2D eigenvalue weighted by Crippen LogP contribution is -2.71. The van der Waals surface area contributed by atoms with Crippen molar-refractivity contribution in [3.05, 3.63) is 0 Å². The first-order valence-electron chi connectivity index (χ1n) is 6.93. The molecule has 17 heavy (non-hydrogen) atoms. The van der Waals surface area contributed by atoms with E-state index >= 15 is 0 Å². The topological polar surface area (TPSA) is 32.3 Å². The largest absolute Gasteiger partial charge is 0.332 e. The minimum Gasteiger partial charge on any atom is -0.332 e. The van der Waals surface area contributed by atoms with Crippen LogP contribution in [0.25, 0.3) is 0 Å². The number of piperazine rings is 1. The number of nitrogens with one attached hydrogen (secondary N) is 1. The molecule has 98 valence electrons. The molecule has 1 aliphatic carbocycles. The van der Waals surface area contributed by atoms with Crippen molar-refractivity contribution in [3.63, 3.8) is 0 Å². The Kier molecular flexibility index (Phi) is 3.23. The molecular formula is C14H26N2O. The van der Waals surface area contributed by atoms with Crippen molar-refractivity contribution in [2.24, 2.45) is 0 Å². The van der Waals surface area contributed by atoms with Gasteiger partial charge in [-0.1, -0.05) is 19.3 Å². The van der Waals surface area contributed by atoms with Gasteiger partial charge < -0.3 is 10.2 Å². The zero-order valence-corrected chi connectivity index (χ0v) is 11.7. The number of amides is 1. The molecule has 1 N–H and O–H groups in total. The van der Waals surface area contributed by atoms with Gasteiger partial charge in [-0.25, -0.2) is 0 Å². The van der Waals surface area contributed by atoms with Gasteiger partial charge in [-0.3, -0.25) is 4.79 Å². The zero-order valence-electron chi connectivity index (χ0n) is 11.7. The van der Waals surface area contributed by atoms with Crippen molar-refractivity contribution < 1.29 is 4.79 Å². The summed E-state index contributed by atoms with van der Waals surface area (Å²) in [5.74, 6) is 0.278. The highest BCUT2D eigenvalue weighted by molar-refractivity contribution is 5.87. The van der Waals surface area contributed by atoms with Crippen molar-refractivity contribution in [1.29, 1.82) is 0 Å². The van der Waals surface area contributed by atoms with Crippen molar-refractivity contribution in [3.8, 4) is 0 Å². The SMILES string of the molecule is CC1(C)NCC(C)(C)N(C2CCCCC2)C1=O. The molecule has 0 radical (unpaired) electrons. The highest BCUT2D eigenvalue weighted by Gasteiger charge is 2.47. The molecule has 2 fully saturated rings. The Labute approximate surface area is 105 Å².